The lowest BCUT2D eigenvalue weighted by atomic mass is 10.1. The third-order valence-corrected chi connectivity index (χ3v) is 2.78. The van der Waals surface area contributed by atoms with Crippen LogP contribution in [0.15, 0.2) is 30.5 Å². The number of hydrogen-bond acceptors (Lipinski definition) is 2. The minimum atomic E-state index is -0.260. The summed E-state index contributed by atoms with van der Waals surface area (Å²) in [6, 6.07) is 6.66. The van der Waals surface area contributed by atoms with Gasteiger partial charge < -0.3 is 5.73 Å². The van der Waals surface area contributed by atoms with Crippen LogP contribution >= 0.6 is 0 Å². The largest absolute Gasteiger partial charge is 0.330 e. The van der Waals surface area contributed by atoms with Crippen molar-refractivity contribution in [3.05, 3.63) is 47.5 Å². The minimum absolute atomic E-state index is 0.260. The van der Waals surface area contributed by atoms with Crippen LogP contribution in [0.1, 0.15) is 18.2 Å². The molecule has 0 aliphatic rings. The van der Waals surface area contributed by atoms with Crippen molar-refractivity contribution >= 4 is 0 Å². The molecule has 3 nitrogen and oxygen atoms in total. The second-order valence-corrected chi connectivity index (χ2v) is 3.87. The maximum Gasteiger partial charge on any atom is 0.148 e. The van der Waals surface area contributed by atoms with Crippen molar-refractivity contribution in [3.63, 3.8) is 0 Å². The molecule has 2 N–H and O–H groups in total. The lowest BCUT2D eigenvalue weighted by molar-refractivity contribution is 0.606. The molecule has 0 fully saturated rings. The summed E-state index contributed by atoms with van der Waals surface area (Å²) in [5.41, 5.74) is 8.17. The summed E-state index contributed by atoms with van der Waals surface area (Å²) in [6.45, 7) is 2.62. The number of nitrogens with zero attached hydrogens (tertiary/aromatic N) is 2. The van der Waals surface area contributed by atoms with Gasteiger partial charge in [0.05, 0.1) is 6.20 Å². The summed E-state index contributed by atoms with van der Waals surface area (Å²) in [6.07, 6.45) is 3.36. The molecule has 0 saturated heterocycles. The van der Waals surface area contributed by atoms with Crippen LogP contribution in [0.5, 0.6) is 0 Å². The van der Waals surface area contributed by atoms with E-state index < -0.39 is 0 Å². The zero-order valence-corrected chi connectivity index (χ0v) is 9.86. The van der Waals surface area contributed by atoms with Crippen molar-refractivity contribution < 1.29 is 4.39 Å². The van der Waals surface area contributed by atoms with Crippen molar-refractivity contribution in [2.45, 2.75) is 19.8 Å². The smallest absolute Gasteiger partial charge is 0.148 e. The minimum Gasteiger partial charge on any atom is -0.330 e. The molecule has 0 aliphatic carbocycles. The van der Waals surface area contributed by atoms with E-state index in [4.69, 9.17) is 5.73 Å². The zero-order chi connectivity index (χ0) is 12.3. The fraction of sp³-hybridized carbons (Fsp3) is 0.308. The molecule has 1 heterocycles. The number of nitrogens with two attached hydrogens (primary N) is 1. The maximum absolute atomic E-state index is 13.7. The average Bonchev–Trinajstić information content (AvgIpc) is 2.73. The molecule has 2 aromatic rings. The number of para-hydroxylation sites is 1. The number of aromatic nitrogens is 2. The quantitative estimate of drug-likeness (QED) is 0.878. The highest BCUT2D eigenvalue weighted by Crippen LogP contribution is 2.18. The Morgan fingerprint density at radius 2 is 2.12 bits per heavy atom. The molecule has 4 heteroatoms. The van der Waals surface area contributed by atoms with E-state index in [1.165, 1.54) is 6.07 Å². The summed E-state index contributed by atoms with van der Waals surface area (Å²) >= 11 is 0. The third kappa shape index (κ3) is 2.22. The second-order valence-electron chi connectivity index (χ2n) is 3.87. The van der Waals surface area contributed by atoms with E-state index in [1.54, 1.807) is 23.0 Å². The molecule has 0 amide bonds. The first-order chi connectivity index (χ1) is 8.27. The summed E-state index contributed by atoms with van der Waals surface area (Å²) in [5.74, 6) is -0.260. The molecule has 0 bridgehead atoms. The Morgan fingerprint density at radius 3 is 2.76 bits per heavy atom. The Labute approximate surface area is 100 Å². The van der Waals surface area contributed by atoms with Crippen molar-refractivity contribution in [1.29, 1.82) is 0 Å². The summed E-state index contributed by atoms with van der Waals surface area (Å²) in [4.78, 5) is 0. The van der Waals surface area contributed by atoms with E-state index in [2.05, 4.69) is 5.10 Å². The molecule has 0 saturated carbocycles. The molecule has 1 aromatic carbocycles. The number of hydrogen-bond donors (Lipinski definition) is 1. The highest BCUT2D eigenvalue weighted by molar-refractivity contribution is 5.36. The number of benzene rings is 1. The molecule has 17 heavy (non-hydrogen) atoms. The Kier molecular flexibility index (Phi) is 3.54. The van der Waals surface area contributed by atoms with Gasteiger partial charge in [0.15, 0.2) is 0 Å². The summed E-state index contributed by atoms with van der Waals surface area (Å²) < 4.78 is 15.4. The van der Waals surface area contributed by atoms with Crippen LogP contribution in [-0.4, -0.2) is 16.3 Å². The van der Waals surface area contributed by atoms with Gasteiger partial charge in [-0.3, -0.25) is 0 Å². The van der Waals surface area contributed by atoms with E-state index in [1.807, 2.05) is 13.0 Å². The fourth-order valence-electron chi connectivity index (χ4n) is 1.98. The fourth-order valence-corrected chi connectivity index (χ4v) is 1.98. The molecule has 0 spiro atoms. The molecule has 0 radical (unpaired) electrons. The van der Waals surface area contributed by atoms with Gasteiger partial charge in [-0.05, 0) is 37.1 Å². The standard InChI is InChI=1S/C13H16FN3/c1-2-12-10(7-8-15)9-16-17(12)13-6-4-3-5-11(13)14/h3-6,9H,2,7-8,15H2,1H3. The van der Waals surface area contributed by atoms with Crippen LogP contribution in [0.4, 0.5) is 4.39 Å². The van der Waals surface area contributed by atoms with E-state index in [9.17, 15) is 4.39 Å². The predicted octanol–water partition coefficient (Wildman–Crippen LogP) is 2.08. The van der Waals surface area contributed by atoms with Gasteiger partial charge in [-0.25, -0.2) is 9.07 Å². The van der Waals surface area contributed by atoms with Crippen LogP contribution in [0.2, 0.25) is 0 Å². The molecular formula is C13H16FN3. The monoisotopic (exact) mass is 233 g/mol. The predicted molar refractivity (Wildman–Crippen MR) is 65.7 cm³/mol. The lowest BCUT2D eigenvalue weighted by Gasteiger charge is -2.08. The maximum atomic E-state index is 13.7. The summed E-state index contributed by atoms with van der Waals surface area (Å²) in [7, 11) is 0. The Balaban J connectivity index is 2.49. The van der Waals surface area contributed by atoms with Gasteiger partial charge >= 0.3 is 0 Å². The second kappa shape index (κ2) is 5.10. The first-order valence-electron chi connectivity index (χ1n) is 5.78. The molecular weight excluding hydrogens is 217 g/mol. The lowest BCUT2D eigenvalue weighted by Crippen LogP contribution is -2.07. The summed E-state index contributed by atoms with van der Waals surface area (Å²) in [5, 5.41) is 4.26. The van der Waals surface area contributed by atoms with E-state index in [0.29, 0.717) is 12.2 Å². The van der Waals surface area contributed by atoms with E-state index >= 15 is 0 Å². The van der Waals surface area contributed by atoms with Gasteiger partial charge in [0, 0.05) is 5.69 Å². The Bertz CT molecular complexity index is 505. The van der Waals surface area contributed by atoms with Crippen LogP contribution < -0.4 is 5.73 Å². The van der Waals surface area contributed by atoms with Gasteiger partial charge in [-0.1, -0.05) is 19.1 Å². The van der Waals surface area contributed by atoms with Crippen molar-refractivity contribution in [3.8, 4) is 5.69 Å². The molecule has 1 aromatic heterocycles. The van der Waals surface area contributed by atoms with Crippen molar-refractivity contribution in [2.75, 3.05) is 6.54 Å². The van der Waals surface area contributed by atoms with E-state index in [0.717, 1.165) is 24.1 Å². The molecule has 0 atom stereocenters. The topological polar surface area (TPSA) is 43.8 Å². The van der Waals surface area contributed by atoms with Gasteiger partial charge in [-0.2, -0.15) is 5.10 Å². The number of rotatable bonds is 4. The Morgan fingerprint density at radius 1 is 1.35 bits per heavy atom. The van der Waals surface area contributed by atoms with Crippen molar-refractivity contribution in [2.24, 2.45) is 5.73 Å². The first kappa shape index (κ1) is 11.8. The highest BCUT2D eigenvalue weighted by Gasteiger charge is 2.12. The Hall–Kier alpha value is -1.68. The number of halogens is 1. The van der Waals surface area contributed by atoms with Gasteiger partial charge in [0.2, 0.25) is 0 Å². The normalized spacial score (nSPS) is 10.8. The molecule has 90 valence electrons. The molecule has 0 aliphatic heterocycles. The van der Waals surface area contributed by atoms with Gasteiger partial charge in [0.25, 0.3) is 0 Å². The average molecular weight is 233 g/mol. The van der Waals surface area contributed by atoms with Crippen LogP contribution in [-0.2, 0) is 12.8 Å². The van der Waals surface area contributed by atoms with Gasteiger partial charge in [-0.15, -0.1) is 0 Å². The first-order valence-corrected chi connectivity index (χ1v) is 5.78. The zero-order valence-electron chi connectivity index (χ0n) is 9.86. The van der Waals surface area contributed by atoms with Crippen LogP contribution in [0, 0.1) is 5.82 Å². The molecule has 0 unspecified atom stereocenters. The van der Waals surface area contributed by atoms with Crippen LogP contribution in [0.3, 0.4) is 0 Å². The SMILES string of the molecule is CCc1c(CCN)cnn1-c1ccccc1F. The van der Waals surface area contributed by atoms with E-state index in [-0.39, 0.29) is 5.82 Å². The third-order valence-electron chi connectivity index (χ3n) is 2.78. The molecule has 2 rings (SSSR count). The van der Waals surface area contributed by atoms with Gasteiger partial charge in [0.1, 0.15) is 11.5 Å². The van der Waals surface area contributed by atoms with Crippen molar-refractivity contribution in [1.82, 2.24) is 9.78 Å². The van der Waals surface area contributed by atoms with Crippen LogP contribution in [0.25, 0.3) is 5.69 Å². The highest BCUT2D eigenvalue weighted by atomic mass is 19.1.